The summed E-state index contributed by atoms with van der Waals surface area (Å²) >= 11 is 0. The van der Waals surface area contributed by atoms with Gasteiger partial charge in [-0.25, -0.2) is 0 Å². The van der Waals surface area contributed by atoms with Gasteiger partial charge in [-0.05, 0) is 18.6 Å². The van der Waals surface area contributed by atoms with Crippen molar-refractivity contribution in [1.82, 2.24) is 0 Å². The van der Waals surface area contributed by atoms with E-state index >= 15 is 0 Å². The van der Waals surface area contributed by atoms with Crippen LogP contribution in [0.1, 0.15) is 76.9 Å². The van der Waals surface area contributed by atoms with Gasteiger partial charge in [0.25, 0.3) is 0 Å². The maximum Gasteiger partial charge on any atom is 0.214 e. The van der Waals surface area contributed by atoms with Gasteiger partial charge in [0.05, 0.1) is 12.2 Å². The average Bonchev–Trinajstić information content (AvgIpc) is 3.05. The molecule has 0 radical (unpaired) electrons. The summed E-state index contributed by atoms with van der Waals surface area (Å²) in [6.07, 6.45) is 11.2. The molecule has 0 saturated carbocycles. The van der Waals surface area contributed by atoms with Crippen LogP contribution in [0.15, 0.2) is 22.8 Å². The maximum absolute atomic E-state index is 11.7. The monoisotopic (exact) mass is 323 g/mol. The zero-order valence-electron chi connectivity index (χ0n) is 14.3. The molecule has 0 bridgehead atoms. The van der Waals surface area contributed by atoms with Gasteiger partial charge in [0.15, 0.2) is 0 Å². The van der Waals surface area contributed by atoms with Gasteiger partial charge < -0.3 is 9.21 Å². The average molecular weight is 323 g/mol. The number of aldehydes is 1. The van der Waals surface area contributed by atoms with Crippen molar-refractivity contribution in [3.05, 3.63) is 34.3 Å². The number of nitro groups is 1. The maximum atomic E-state index is 11.7. The van der Waals surface area contributed by atoms with E-state index in [1.165, 1.54) is 31.9 Å². The van der Waals surface area contributed by atoms with Gasteiger partial charge in [0.1, 0.15) is 12.0 Å². The minimum atomic E-state index is -0.756. The fourth-order valence-corrected chi connectivity index (χ4v) is 3.04. The number of hydrogen-bond donors (Lipinski definition) is 0. The minimum absolute atomic E-state index is 0.279. The van der Waals surface area contributed by atoms with Crippen molar-refractivity contribution >= 4 is 6.29 Å². The first-order valence-electron chi connectivity index (χ1n) is 8.65. The molecule has 5 nitrogen and oxygen atoms in total. The van der Waals surface area contributed by atoms with Crippen molar-refractivity contribution in [3.63, 3.8) is 0 Å². The van der Waals surface area contributed by atoms with Gasteiger partial charge in [-0.3, -0.25) is 10.1 Å². The van der Waals surface area contributed by atoms with E-state index in [4.69, 9.17) is 4.42 Å². The second-order valence-electron chi connectivity index (χ2n) is 6.58. The van der Waals surface area contributed by atoms with E-state index in [9.17, 15) is 14.9 Å². The van der Waals surface area contributed by atoms with Crippen LogP contribution < -0.4 is 0 Å². The molecule has 0 fully saturated rings. The van der Waals surface area contributed by atoms with Crippen molar-refractivity contribution in [2.24, 2.45) is 5.41 Å². The zero-order valence-corrected chi connectivity index (χ0v) is 14.3. The Morgan fingerprint density at radius 1 is 1.26 bits per heavy atom. The number of carbonyl (C=O) groups excluding carboxylic acids is 1. The lowest BCUT2D eigenvalue weighted by Gasteiger charge is -2.29. The van der Waals surface area contributed by atoms with E-state index in [1.54, 1.807) is 12.1 Å². The van der Waals surface area contributed by atoms with Crippen LogP contribution in [0, 0.1) is 15.5 Å². The largest absolute Gasteiger partial charge is 0.469 e. The Balaban J connectivity index is 2.57. The fraction of sp³-hybridized carbons (Fsp3) is 0.722. The molecule has 0 spiro atoms. The molecule has 0 N–H and O–H groups in total. The van der Waals surface area contributed by atoms with Gasteiger partial charge in [0.2, 0.25) is 6.54 Å². The molecule has 130 valence electrons. The van der Waals surface area contributed by atoms with Crippen LogP contribution in [-0.4, -0.2) is 17.8 Å². The Labute approximate surface area is 138 Å². The standard InChI is InChI=1S/C18H29NO4/c1-3-4-5-6-7-8-9-12-18(2,15-20)16(14-19(21)22)17-11-10-13-23-17/h10-11,13,15-16H,3-9,12,14H2,1-2H3/t16-,18+/m0/s1. The molecule has 1 heterocycles. The van der Waals surface area contributed by atoms with Crippen LogP contribution in [0.5, 0.6) is 0 Å². The predicted molar refractivity (Wildman–Crippen MR) is 90.1 cm³/mol. The van der Waals surface area contributed by atoms with E-state index in [0.29, 0.717) is 12.2 Å². The third-order valence-electron chi connectivity index (χ3n) is 4.60. The first-order valence-corrected chi connectivity index (χ1v) is 8.65. The smallest absolute Gasteiger partial charge is 0.214 e. The van der Waals surface area contributed by atoms with E-state index < -0.39 is 11.3 Å². The summed E-state index contributed by atoms with van der Waals surface area (Å²) in [7, 11) is 0. The molecule has 0 amide bonds. The summed E-state index contributed by atoms with van der Waals surface area (Å²) in [5.41, 5.74) is -0.756. The molecule has 0 unspecified atom stereocenters. The van der Waals surface area contributed by atoms with E-state index in [0.717, 1.165) is 25.5 Å². The summed E-state index contributed by atoms with van der Waals surface area (Å²) in [5, 5.41) is 11.0. The highest BCUT2D eigenvalue weighted by molar-refractivity contribution is 5.60. The SMILES string of the molecule is CCCCCCCCC[C@](C)(C=O)[C@@H](C[N+](=O)[O-])c1ccco1. The molecular weight excluding hydrogens is 294 g/mol. The molecule has 1 rings (SSSR count). The number of furan rings is 1. The number of nitrogens with zero attached hydrogens (tertiary/aromatic N) is 1. The number of hydrogen-bond acceptors (Lipinski definition) is 4. The second kappa shape index (κ2) is 10.2. The highest BCUT2D eigenvalue weighted by atomic mass is 16.6. The van der Waals surface area contributed by atoms with Crippen LogP contribution in [0.4, 0.5) is 0 Å². The number of unbranched alkanes of at least 4 members (excludes halogenated alkanes) is 6. The summed E-state index contributed by atoms with van der Waals surface area (Å²) in [4.78, 5) is 22.3. The van der Waals surface area contributed by atoms with Gasteiger partial charge in [-0.2, -0.15) is 0 Å². The lowest BCUT2D eigenvalue weighted by atomic mass is 9.73. The predicted octanol–water partition coefficient (Wildman–Crippen LogP) is 4.99. The van der Waals surface area contributed by atoms with Crippen molar-refractivity contribution in [1.29, 1.82) is 0 Å². The molecule has 0 aliphatic heterocycles. The van der Waals surface area contributed by atoms with E-state index in [1.807, 2.05) is 6.92 Å². The summed E-state index contributed by atoms with van der Waals surface area (Å²) in [5.74, 6) is 0.0179. The molecule has 0 aliphatic rings. The topological polar surface area (TPSA) is 73.3 Å². The van der Waals surface area contributed by atoms with Crippen molar-refractivity contribution in [2.75, 3.05) is 6.54 Å². The first kappa shape index (κ1) is 19.4. The Bertz CT molecular complexity index is 458. The van der Waals surface area contributed by atoms with Crippen molar-refractivity contribution < 1.29 is 14.1 Å². The van der Waals surface area contributed by atoms with E-state index in [-0.39, 0.29) is 11.5 Å². The molecule has 1 aromatic heterocycles. The number of carbonyl (C=O) groups is 1. The normalized spacial score (nSPS) is 15.0. The molecule has 0 aromatic carbocycles. The van der Waals surface area contributed by atoms with Gasteiger partial charge >= 0.3 is 0 Å². The van der Waals surface area contributed by atoms with Crippen molar-refractivity contribution in [3.8, 4) is 0 Å². The molecule has 5 heteroatoms. The Hall–Kier alpha value is -1.65. The Morgan fingerprint density at radius 3 is 2.43 bits per heavy atom. The van der Waals surface area contributed by atoms with Gasteiger partial charge in [0, 0.05) is 10.3 Å². The molecule has 1 aromatic rings. The summed E-state index contributed by atoms with van der Waals surface area (Å²) in [6, 6.07) is 3.43. The van der Waals surface area contributed by atoms with Crippen LogP contribution in [0.25, 0.3) is 0 Å². The Morgan fingerprint density at radius 2 is 1.91 bits per heavy atom. The number of rotatable bonds is 13. The second-order valence-corrected chi connectivity index (χ2v) is 6.58. The first-order chi connectivity index (χ1) is 11.0. The lowest BCUT2D eigenvalue weighted by Crippen LogP contribution is -2.32. The molecule has 0 aliphatic carbocycles. The Kier molecular flexibility index (Phi) is 8.59. The molecular formula is C18H29NO4. The van der Waals surface area contributed by atoms with Gasteiger partial charge in [-0.15, -0.1) is 0 Å². The summed E-state index contributed by atoms with van der Waals surface area (Å²) < 4.78 is 5.35. The molecule has 2 atom stereocenters. The highest BCUT2D eigenvalue weighted by Crippen LogP contribution is 2.39. The van der Waals surface area contributed by atoms with Crippen LogP contribution in [0.2, 0.25) is 0 Å². The van der Waals surface area contributed by atoms with Crippen LogP contribution in [-0.2, 0) is 4.79 Å². The molecule has 23 heavy (non-hydrogen) atoms. The van der Waals surface area contributed by atoms with Crippen LogP contribution in [0.3, 0.4) is 0 Å². The van der Waals surface area contributed by atoms with Crippen molar-refractivity contribution in [2.45, 2.75) is 71.1 Å². The minimum Gasteiger partial charge on any atom is -0.469 e. The highest BCUT2D eigenvalue weighted by Gasteiger charge is 2.40. The fourth-order valence-electron chi connectivity index (χ4n) is 3.04. The van der Waals surface area contributed by atoms with Crippen LogP contribution >= 0.6 is 0 Å². The third kappa shape index (κ3) is 6.55. The van der Waals surface area contributed by atoms with Gasteiger partial charge in [-0.1, -0.05) is 58.8 Å². The quantitative estimate of drug-likeness (QED) is 0.222. The molecule has 0 saturated heterocycles. The lowest BCUT2D eigenvalue weighted by molar-refractivity contribution is -0.486. The van der Waals surface area contributed by atoms with E-state index in [2.05, 4.69) is 6.92 Å². The third-order valence-corrected chi connectivity index (χ3v) is 4.60. The zero-order chi connectivity index (χ0) is 17.1. The summed E-state index contributed by atoms with van der Waals surface area (Å²) in [6.45, 7) is 3.73.